The average Bonchev–Trinajstić information content (AvgIpc) is 2.59. The van der Waals surface area contributed by atoms with Crippen LogP contribution in [-0.2, 0) is 4.79 Å². The van der Waals surface area contributed by atoms with Crippen molar-refractivity contribution in [3.63, 3.8) is 0 Å². The van der Waals surface area contributed by atoms with Gasteiger partial charge in [-0.2, -0.15) is 0 Å². The Balaban J connectivity index is 1.96. The maximum atomic E-state index is 12.0. The van der Waals surface area contributed by atoms with Gasteiger partial charge in [0.25, 0.3) is 0 Å². The number of Topliss-reactive ketones (excluding diaryl/α,β-unsaturated/α-hetero) is 1. The third-order valence-electron chi connectivity index (χ3n) is 3.39. The first-order valence-corrected chi connectivity index (χ1v) is 7.40. The Morgan fingerprint density at radius 1 is 0.958 bits per heavy atom. The lowest BCUT2D eigenvalue weighted by Crippen LogP contribution is -2.21. The number of methoxy groups -OCH3 is 2. The van der Waals surface area contributed by atoms with Crippen LogP contribution in [0.25, 0.3) is 0 Å². The van der Waals surface area contributed by atoms with Crippen LogP contribution in [0.2, 0.25) is 0 Å². The number of carbonyl (C=O) groups excluding carboxylic acids is 2. The molecule has 0 bridgehead atoms. The zero-order valence-corrected chi connectivity index (χ0v) is 13.9. The van der Waals surface area contributed by atoms with Gasteiger partial charge in [0.2, 0.25) is 5.91 Å². The molecule has 1 amide bonds. The fourth-order valence-electron chi connectivity index (χ4n) is 2.15. The molecule has 0 heterocycles. The fourth-order valence-corrected chi connectivity index (χ4v) is 2.15. The van der Waals surface area contributed by atoms with Crippen LogP contribution in [0.15, 0.2) is 42.5 Å². The summed E-state index contributed by atoms with van der Waals surface area (Å²) in [6.07, 6.45) is 0. The zero-order chi connectivity index (χ0) is 17.5. The molecule has 2 aromatic carbocycles. The summed E-state index contributed by atoms with van der Waals surface area (Å²) in [5, 5.41) is 5.76. The lowest BCUT2D eigenvalue weighted by molar-refractivity contribution is -0.114. The number of amides is 1. The second-order valence-corrected chi connectivity index (χ2v) is 5.11. The number of hydrogen-bond acceptors (Lipinski definition) is 5. The predicted octanol–water partition coefficient (Wildman–Crippen LogP) is 2.96. The Kier molecular flexibility index (Phi) is 5.78. The van der Waals surface area contributed by atoms with Crippen LogP contribution in [0.5, 0.6) is 11.5 Å². The number of rotatable bonds is 7. The number of carbonyl (C=O) groups is 2. The standard InChI is InChI=1S/C18H20N2O4/c1-12(21)13-5-4-6-15(9-13)20-18(22)11-19-14-7-8-16(23-2)17(10-14)24-3/h4-10,19H,11H2,1-3H3,(H,20,22). The maximum absolute atomic E-state index is 12.0. The van der Waals surface area contributed by atoms with Crippen molar-refractivity contribution in [2.24, 2.45) is 0 Å². The molecule has 0 fully saturated rings. The van der Waals surface area contributed by atoms with E-state index < -0.39 is 0 Å². The molecule has 0 aliphatic heterocycles. The van der Waals surface area contributed by atoms with Crippen LogP contribution in [0.3, 0.4) is 0 Å². The van der Waals surface area contributed by atoms with Crippen molar-refractivity contribution in [2.75, 3.05) is 31.4 Å². The van der Waals surface area contributed by atoms with Gasteiger partial charge in [0.05, 0.1) is 20.8 Å². The molecule has 2 N–H and O–H groups in total. The topological polar surface area (TPSA) is 76.7 Å². The SMILES string of the molecule is COc1ccc(NCC(=O)Nc2cccc(C(C)=O)c2)cc1OC. The Bertz CT molecular complexity index is 744. The number of hydrogen-bond donors (Lipinski definition) is 2. The van der Waals surface area contributed by atoms with Crippen molar-refractivity contribution in [2.45, 2.75) is 6.92 Å². The molecular weight excluding hydrogens is 308 g/mol. The number of anilines is 2. The van der Waals surface area contributed by atoms with E-state index in [9.17, 15) is 9.59 Å². The van der Waals surface area contributed by atoms with Crippen LogP contribution in [0.4, 0.5) is 11.4 Å². The van der Waals surface area contributed by atoms with E-state index in [1.54, 1.807) is 56.7 Å². The lowest BCUT2D eigenvalue weighted by atomic mass is 10.1. The first kappa shape index (κ1) is 17.3. The van der Waals surface area contributed by atoms with E-state index in [1.165, 1.54) is 6.92 Å². The summed E-state index contributed by atoms with van der Waals surface area (Å²) in [6.45, 7) is 1.57. The largest absolute Gasteiger partial charge is 0.493 e. The minimum absolute atomic E-state index is 0.0467. The van der Waals surface area contributed by atoms with Crippen LogP contribution in [0, 0.1) is 0 Å². The van der Waals surface area contributed by atoms with Gasteiger partial charge < -0.3 is 20.1 Å². The van der Waals surface area contributed by atoms with E-state index in [4.69, 9.17) is 9.47 Å². The molecule has 0 aliphatic rings. The van der Waals surface area contributed by atoms with Crippen molar-refractivity contribution in [1.82, 2.24) is 0 Å². The maximum Gasteiger partial charge on any atom is 0.243 e. The van der Waals surface area contributed by atoms with E-state index in [-0.39, 0.29) is 18.2 Å². The van der Waals surface area contributed by atoms with E-state index in [0.717, 1.165) is 5.69 Å². The highest BCUT2D eigenvalue weighted by Crippen LogP contribution is 2.29. The van der Waals surface area contributed by atoms with Crippen molar-refractivity contribution >= 4 is 23.1 Å². The lowest BCUT2D eigenvalue weighted by Gasteiger charge is -2.11. The highest BCUT2D eigenvalue weighted by molar-refractivity contribution is 5.98. The summed E-state index contributed by atoms with van der Waals surface area (Å²) in [4.78, 5) is 23.4. The molecule has 0 saturated heterocycles. The van der Waals surface area contributed by atoms with Crippen molar-refractivity contribution < 1.29 is 19.1 Å². The summed E-state index contributed by atoms with van der Waals surface area (Å²) in [5.74, 6) is 0.936. The molecule has 6 heteroatoms. The van der Waals surface area contributed by atoms with Crippen LogP contribution >= 0.6 is 0 Å². The monoisotopic (exact) mass is 328 g/mol. The van der Waals surface area contributed by atoms with E-state index >= 15 is 0 Å². The molecule has 0 radical (unpaired) electrons. The average molecular weight is 328 g/mol. The molecule has 126 valence electrons. The smallest absolute Gasteiger partial charge is 0.243 e. The molecule has 2 rings (SSSR count). The second-order valence-electron chi connectivity index (χ2n) is 5.11. The van der Waals surface area contributed by atoms with E-state index in [2.05, 4.69) is 10.6 Å². The number of ketones is 1. The predicted molar refractivity (Wildman–Crippen MR) is 93.1 cm³/mol. The molecule has 0 unspecified atom stereocenters. The van der Waals surface area contributed by atoms with Gasteiger partial charge in [0, 0.05) is 23.0 Å². The van der Waals surface area contributed by atoms with Crippen molar-refractivity contribution in [3.05, 3.63) is 48.0 Å². The third kappa shape index (κ3) is 4.49. The van der Waals surface area contributed by atoms with Crippen LogP contribution in [-0.4, -0.2) is 32.5 Å². The molecule has 24 heavy (non-hydrogen) atoms. The summed E-state index contributed by atoms with van der Waals surface area (Å²) in [7, 11) is 3.11. The highest BCUT2D eigenvalue weighted by atomic mass is 16.5. The Hall–Kier alpha value is -3.02. The molecule has 0 saturated carbocycles. The Labute approximate surface area is 140 Å². The molecule has 0 spiro atoms. The normalized spacial score (nSPS) is 9.96. The van der Waals surface area contributed by atoms with Gasteiger partial charge in [-0.1, -0.05) is 12.1 Å². The summed E-state index contributed by atoms with van der Waals surface area (Å²) in [5.41, 5.74) is 1.88. The minimum Gasteiger partial charge on any atom is -0.493 e. The molecule has 6 nitrogen and oxygen atoms in total. The fraction of sp³-hybridized carbons (Fsp3) is 0.222. The van der Waals surface area contributed by atoms with Gasteiger partial charge >= 0.3 is 0 Å². The van der Waals surface area contributed by atoms with Crippen molar-refractivity contribution in [3.8, 4) is 11.5 Å². The molecule has 0 aliphatic carbocycles. The quantitative estimate of drug-likeness (QED) is 0.764. The summed E-state index contributed by atoms with van der Waals surface area (Å²) in [6, 6.07) is 12.1. The molecular formula is C18H20N2O4. The number of benzene rings is 2. The summed E-state index contributed by atoms with van der Waals surface area (Å²) < 4.78 is 10.4. The Morgan fingerprint density at radius 3 is 2.38 bits per heavy atom. The first-order valence-electron chi connectivity index (χ1n) is 7.40. The number of nitrogens with one attached hydrogen (secondary N) is 2. The van der Waals surface area contributed by atoms with Crippen LogP contribution in [0.1, 0.15) is 17.3 Å². The Morgan fingerprint density at radius 2 is 1.71 bits per heavy atom. The van der Waals surface area contributed by atoms with Gasteiger partial charge in [-0.3, -0.25) is 9.59 Å². The summed E-state index contributed by atoms with van der Waals surface area (Å²) >= 11 is 0. The minimum atomic E-state index is -0.217. The number of ether oxygens (including phenoxy) is 2. The van der Waals surface area contributed by atoms with Crippen LogP contribution < -0.4 is 20.1 Å². The van der Waals surface area contributed by atoms with Crippen molar-refractivity contribution in [1.29, 1.82) is 0 Å². The first-order chi connectivity index (χ1) is 11.5. The highest BCUT2D eigenvalue weighted by Gasteiger charge is 2.07. The van der Waals surface area contributed by atoms with Gasteiger partial charge in [0.1, 0.15) is 0 Å². The van der Waals surface area contributed by atoms with Gasteiger partial charge in [-0.25, -0.2) is 0 Å². The molecule has 0 aromatic heterocycles. The molecule has 2 aromatic rings. The van der Waals surface area contributed by atoms with Gasteiger partial charge in [0.15, 0.2) is 17.3 Å². The van der Waals surface area contributed by atoms with Gasteiger partial charge in [-0.05, 0) is 31.2 Å². The molecule has 0 atom stereocenters. The second kappa shape index (κ2) is 8.01. The van der Waals surface area contributed by atoms with E-state index in [1.807, 2.05) is 0 Å². The van der Waals surface area contributed by atoms with Gasteiger partial charge in [-0.15, -0.1) is 0 Å². The third-order valence-corrected chi connectivity index (χ3v) is 3.39. The zero-order valence-electron chi connectivity index (χ0n) is 13.9. The van der Waals surface area contributed by atoms with E-state index in [0.29, 0.717) is 22.7 Å².